The third-order valence-electron chi connectivity index (χ3n) is 9.44. The normalized spacial score (nSPS) is 12.9. The van der Waals surface area contributed by atoms with E-state index in [0.29, 0.717) is 27.4 Å². The zero-order valence-corrected chi connectivity index (χ0v) is 33.7. The molecule has 0 saturated carbocycles. The number of rotatable bonds is 18. The van der Waals surface area contributed by atoms with Crippen LogP contribution in [0.15, 0.2) is 145 Å². The van der Waals surface area contributed by atoms with Crippen molar-refractivity contribution in [2.75, 3.05) is 6.79 Å². The summed E-state index contributed by atoms with van der Waals surface area (Å²) >= 11 is 1.28. The van der Waals surface area contributed by atoms with Crippen LogP contribution < -0.4 is 4.52 Å². The van der Waals surface area contributed by atoms with Crippen LogP contribution in [0.4, 0.5) is 8.78 Å². The van der Waals surface area contributed by atoms with Crippen molar-refractivity contribution in [1.82, 2.24) is 19.7 Å². The minimum atomic E-state index is -4.39. The second-order valence-corrected chi connectivity index (χ2v) is 15.8. The maximum absolute atomic E-state index is 16.0. The molecule has 60 heavy (non-hydrogen) atoms. The minimum absolute atomic E-state index is 0.0612. The van der Waals surface area contributed by atoms with E-state index in [1.54, 1.807) is 91.9 Å². The molecule has 0 bridgehead atoms. The van der Waals surface area contributed by atoms with E-state index < -0.39 is 43.7 Å². The summed E-state index contributed by atoms with van der Waals surface area (Å²) in [7, 11) is -4.39. The van der Waals surface area contributed by atoms with Crippen LogP contribution in [0.3, 0.4) is 0 Å². The van der Waals surface area contributed by atoms with Crippen molar-refractivity contribution < 1.29 is 41.2 Å². The van der Waals surface area contributed by atoms with Gasteiger partial charge in [0.2, 0.25) is 0 Å². The Bertz CT molecular complexity index is 2560. The van der Waals surface area contributed by atoms with Gasteiger partial charge in [-0.05, 0) is 41.5 Å². The van der Waals surface area contributed by atoms with Crippen molar-refractivity contribution in [3.8, 4) is 23.1 Å². The van der Waals surface area contributed by atoms with E-state index in [2.05, 4.69) is 16.2 Å². The highest BCUT2D eigenvalue weighted by molar-refractivity contribution is 7.48. The van der Waals surface area contributed by atoms with Gasteiger partial charge >= 0.3 is 13.8 Å². The predicted molar refractivity (Wildman–Crippen MR) is 217 cm³/mol. The maximum Gasteiger partial charge on any atom is 0.530 e. The van der Waals surface area contributed by atoms with Crippen molar-refractivity contribution >= 4 is 25.1 Å². The van der Waals surface area contributed by atoms with E-state index in [1.807, 2.05) is 17.5 Å². The number of benzene rings is 5. The molecule has 0 spiro atoms. The number of hydrogen-bond donors (Lipinski definition) is 0. The fourth-order valence-corrected chi connectivity index (χ4v) is 8.43. The van der Waals surface area contributed by atoms with Gasteiger partial charge in [-0.15, -0.1) is 11.3 Å². The molecule has 0 radical (unpaired) electrons. The molecule has 0 aliphatic rings. The Morgan fingerprint density at radius 3 is 2.20 bits per heavy atom. The molecule has 2 aromatic heterocycles. The van der Waals surface area contributed by atoms with E-state index in [0.717, 1.165) is 17.7 Å². The molecule has 12 nitrogen and oxygen atoms in total. The quantitative estimate of drug-likeness (QED) is 0.0462. The highest BCUT2D eigenvalue weighted by atomic mass is 32.1. The lowest BCUT2D eigenvalue weighted by atomic mass is 9.81. The molecule has 0 saturated heterocycles. The summed E-state index contributed by atoms with van der Waals surface area (Å²) < 4.78 is 75.6. The van der Waals surface area contributed by atoms with Gasteiger partial charge in [-0.1, -0.05) is 97.9 Å². The van der Waals surface area contributed by atoms with Gasteiger partial charge in [0, 0.05) is 28.5 Å². The Balaban J connectivity index is 1.16. The van der Waals surface area contributed by atoms with E-state index in [9.17, 15) is 19.0 Å². The van der Waals surface area contributed by atoms with Crippen LogP contribution in [-0.2, 0) is 48.4 Å². The molecular weight excluding hydrogens is 812 g/mol. The van der Waals surface area contributed by atoms with Crippen LogP contribution in [0.1, 0.15) is 50.5 Å². The number of nitrogens with zero attached hydrogens (tertiary/aromatic N) is 5. The van der Waals surface area contributed by atoms with Crippen molar-refractivity contribution in [1.29, 1.82) is 5.26 Å². The summed E-state index contributed by atoms with van der Waals surface area (Å²) in [5, 5.41) is 15.8. The van der Waals surface area contributed by atoms with Crippen LogP contribution >= 0.6 is 19.2 Å². The number of thiazole rings is 1. The molecular formula is C44H36F2N5O7PS. The van der Waals surface area contributed by atoms with Gasteiger partial charge < -0.3 is 14.0 Å². The van der Waals surface area contributed by atoms with Crippen LogP contribution in [-0.4, -0.2) is 32.5 Å². The van der Waals surface area contributed by atoms with Crippen LogP contribution in [0.25, 0.3) is 11.3 Å². The number of ether oxygens (including phenoxy) is 2. The first-order chi connectivity index (χ1) is 29.1. The summed E-state index contributed by atoms with van der Waals surface area (Å²) in [5.41, 5.74) is 1.32. The van der Waals surface area contributed by atoms with Gasteiger partial charge in [-0.3, -0.25) is 9.05 Å². The Labute approximate surface area is 348 Å². The van der Waals surface area contributed by atoms with Crippen molar-refractivity contribution in [3.05, 3.63) is 190 Å². The zero-order chi connectivity index (χ0) is 42.0. The van der Waals surface area contributed by atoms with Crippen molar-refractivity contribution in [3.63, 3.8) is 0 Å². The second kappa shape index (κ2) is 19.1. The fourth-order valence-electron chi connectivity index (χ4n) is 6.27. The molecule has 7 aromatic rings. The molecule has 0 aliphatic carbocycles. The third-order valence-corrected chi connectivity index (χ3v) is 11.8. The van der Waals surface area contributed by atoms with Crippen LogP contribution in [0.5, 0.6) is 5.75 Å². The molecule has 0 amide bonds. The number of esters is 1. The van der Waals surface area contributed by atoms with Gasteiger partial charge in [0.25, 0.3) is 0 Å². The maximum atomic E-state index is 16.0. The predicted octanol–water partition coefficient (Wildman–Crippen LogP) is 10.0. The molecule has 1 unspecified atom stereocenters. The topological polar surface area (TPSA) is 148 Å². The van der Waals surface area contributed by atoms with Gasteiger partial charge in [-0.2, -0.15) is 10.4 Å². The number of carbonyl (C=O) groups excluding carboxylic acids is 1. The van der Waals surface area contributed by atoms with Crippen molar-refractivity contribution in [2.24, 2.45) is 0 Å². The fraction of sp³-hybridized carbons (Fsp3) is 0.159. The monoisotopic (exact) mass is 847 g/mol. The summed E-state index contributed by atoms with van der Waals surface area (Å²) in [6.45, 7) is 0.610. The molecule has 0 N–H and O–H groups in total. The van der Waals surface area contributed by atoms with Gasteiger partial charge in [0.1, 0.15) is 41.2 Å². The average molecular weight is 848 g/mol. The molecule has 5 aromatic carbocycles. The lowest BCUT2D eigenvalue weighted by Crippen LogP contribution is -2.42. The highest BCUT2D eigenvalue weighted by Gasteiger charge is 2.45. The number of phosphoric ester groups is 1. The van der Waals surface area contributed by atoms with E-state index >= 15 is 4.39 Å². The Hall–Kier alpha value is -6.40. The lowest BCUT2D eigenvalue weighted by Gasteiger charge is -2.38. The van der Waals surface area contributed by atoms with Gasteiger partial charge in [0.15, 0.2) is 6.79 Å². The third kappa shape index (κ3) is 10.1. The van der Waals surface area contributed by atoms with Crippen molar-refractivity contribution in [2.45, 2.75) is 38.2 Å². The van der Waals surface area contributed by atoms with E-state index in [-0.39, 0.29) is 36.6 Å². The first kappa shape index (κ1) is 41.7. The Morgan fingerprint density at radius 1 is 0.900 bits per heavy atom. The number of hydrogen-bond acceptors (Lipinski definition) is 12. The standard InChI is InChI=1S/C44H36F2N5O7PS/c1-31(42-50-40(26-60-42)35-18-16-32(23-47)17-19-35)44(27-51-29-48-28-49-51,38-21-20-36(45)22-39(38)46)55-30-54-43(52)37-14-8-9-15-41(37)58-59(53,56-24-33-10-4-2-5-11-33)57-25-34-12-6-3-7-13-34/h2-22,26,28-29,31H,24-25,27,30H2,1H3/t31-,44?/m0/s1. The molecule has 304 valence electrons. The van der Waals surface area contributed by atoms with Gasteiger partial charge in [0.05, 0.1) is 42.1 Å². The number of aromatic nitrogens is 4. The zero-order valence-electron chi connectivity index (χ0n) is 32.0. The Morgan fingerprint density at radius 2 is 1.57 bits per heavy atom. The van der Waals surface area contributed by atoms with E-state index in [1.165, 1.54) is 46.9 Å². The first-order valence-electron chi connectivity index (χ1n) is 18.5. The highest BCUT2D eigenvalue weighted by Crippen LogP contribution is 2.52. The summed E-state index contributed by atoms with van der Waals surface area (Å²) in [6.07, 6.45) is 2.71. The van der Waals surface area contributed by atoms with Crippen LogP contribution in [0.2, 0.25) is 0 Å². The summed E-state index contributed by atoms with van der Waals surface area (Å²) in [4.78, 5) is 22.8. The molecule has 2 heterocycles. The smallest absolute Gasteiger partial charge is 0.435 e. The molecule has 16 heteroatoms. The molecule has 7 rings (SSSR count). The largest absolute Gasteiger partial charge is 0.530 e. The van der Waals surface area contributed by atoms with Crippen LogP contribution in [0, 0.1) is 23.0 Å². The lowest BCUT2D eigenvalue weighted by molar-refractivity contribution is -0.148. The minimum Gasteiger partial charge on any atom is -0.435 e. The number of carbonyl (C=O) groups is 1. The summed E-state index contributed by atoms with van der Waals surface area (Å²) in [6, 6.07) is 36.1. The molecule has 0 aliphatic heterocycles. The first-order valence-corrected chi connectivity index (χ1v) is 20.8. The average Bonchev–Trinajstić information content (AvgIpc) is 3.99. The SMILES string of the molecule is C[C@@H](c1nc(-c2ccc(C#N)cc2)cs1)C(Cn1cncn1)(OCOC(=O)c1ccccc1OP(=O)(OCc1ccccc1)OCc1ccccc1)c1ccc(F)cc1F. The number of halogens is 2. The summed E-state index contributed by atoms with van der Waals surface area (Å²) in [5.74, 6) is -3.60. The van der Waals surface area contributed by atoms with Gasteiger partial charge in [-0.25, -0.2) is 32.8 Å². The Kier molecular flexibility index (Phi) is 13.3. The number of para-hydroxylation sites is 1. The molecule has 2 atom stereocenters. The van der Waals surface area contributed by atoms with E-state index in [4.69, 9.17) is 28.0 Å². The number of phosphoric acid groups is 1. The second-order valence-electron chi connectivity index (χ2n) is 13.3. The molecule has 0 fully saturated rings. The number of nitriles is 1.